The first-order valence-electron chi connectivity index (χ1n) is 8.02. The Hall–Kier alpha value is -2.03. The SMILES string of the molecule is CC1(C)CC(=O)C=C(C#Cc2ccc(C#C[Si](C)(C)C)cc2)C1. The standard InChI is InChI=1S/C21H24OSi/c1-21(2)15-19(14-20(22)16-21)11-10-17-6-8-18(9-7-17)12-13-23(3,4)5/h6-9,14H,15-16H2,1-5H3. The predicted molar refractivity (Wildman–Crippen MR) is 99.6 cm³/mol. The van der Waals surface area contributed by atoms with Gasteiger partial charge in [0.1, 0.15) is 8.07 Å². The van der Waals surface area contributed by atoms with E-state index in [1.165, 1.54) is 0 Å². The Morgan fingerprint density at radius 1 is 0.913 bits per heavy atom. The highest BCUT2D eigenvalue weighted by Gasteiger charge is 2.26. The summed E-state index contributed by atoms with van der Waals surface area (Å²) in [5, 5.41) is 0. The van der Waals surface area contributed by atoms with Crippen LogP contribution in [0.5, 0.6) is 0 Å². The lowest BCUT2D eigenvalue weighted by molar-refractivity contribution is -0.116. The van der Waals surface area contributed by atoms with Gasteiger partial charge >= 0.3 is 0 Å². The molecule has 0 heterocycles. The molecule has 2 heteroatoms. The van der Waals surface area contributed by atoms with E-state index < -0.39 is 8.07 Å². The van der Waals surface area contributed by atoms with Crippen molar-refractivity contribution in [2.45, 2.75) is 46.3 Å². The van der Waals surface area contributed by atoms with Crippen molar-refractivity contribution in [2.75, 3.05) is 0 Å². The number of carbonyl (C=O) groups is 1. The zero-order valence-electron chi connectivity index (χ0n) is 14.7. The van der Waals surface area contributed by atoms with E-state index in [-0.39, 0.29) is 11.2 Å². The number of benzene rings is 1. The van der Waals surface area contributed by atoms with Gasteiger partial charge in [-0.15, -0.1) is 5.54 Å². The van der Waals surface area contributed by atoms with Gasteiger partial charge in [0.2, 0.25) is 0 Å². The first-order chi connectivity index (χ1) is 10.6. The summed E-state index contributed by atoms with van der Waals surface area (Å²) < 4.78 is 0. The van der Waals surface area contributed by atoms with E-state index in [0.29, 0.717) is 6.42 Å². The Bertz CT molecular complexity index is 751. The maximum absolute atomic E-state index is 11.7. The van der Waals surface area contributed by atoms with Crippen molar-refractivity contribution in [3.63, 3.8) is 0 Å². The van der Waals surface area contributed by atoms with Crippen LogP contribution < -0.4 is 0 Å². The molecule has 1 aromatic rings. The van der Waals surface area contributed by atoms with E-state index in [4.69, 9.17) is 0 Å². The molecule has 1 aliphatic rings. The average Bonchev–Trinajstić information content (AvgIpc) is 2.41. The first-order valence-corrected chi connectivity index (χ1v) is 11.5. The van der Waals surface area contributed by atoms with Crippen LogP contribution in [0.15, 0.2) is 35.9 Å². The van der Waals surface area contributed by atoms with Gasteiger partial charge < -0.3 is 0 Å². The smallest absolute Gasteiger partial charge is 0.157 e. The second-order valence-corrected chi connectivity index (χ2v) is 12.7. The normalized spacial score (nSPS) is 16.6. The van der Waals surface area contributed by atoms with Crippen molar-refractivity contribution in [3.8, 4) is 23.3 Å². The number of carbonyl (C=O) groups excluding carboxylic acids is 1. The molecule has 0 aromatic heterocycles. The lowest BCUT2D eigenvalue weighted by Crippen LogP contribution is -2.21. The van der Waals surface area contributed by atoms with Crippen LogP contribution in [-0.4, -0.2) is 13.9 Å². The van der Waals surface area contributed by atoms with Crippen LogP contribution in [0.4, 0.5) is 0 Å². The van der Waals surface area contributed by atoms with Gasteiger partial charge in [-0.05, 0) is 42.2 Å². The molecule has 0 radical (unpaired) electrons. The highest BCUT2D eigenvalue weighted by atomic mass is 28.3. The number of ketones is 1. The van der Waals surface area contributed by atoms with E-state index in [1.54, 1.807) is 6.08 Å². The van der Waals surface area contributed by atoms with Crippen molar-refractivity contribution >= 4 is 13.9 Å². The second-order valence-electron chi connectivity index (χ2n) is 7.98. The fourth-order valence-electron chi connectivity index (χ4n) is 2.48. The molecular formula is C21H24OSi. The molecule has 0 bridgehead atoms. The van der Waals surface area contributed by atoms with Crippen LogP contribution >= 0.6 is 0 Å². The van der Waals surface area contributed by atoms with Crippen LogP contribution in [0.1, 0.15) is 37.8 Å². The highest BCUT2D eigenvalue weighted by molar-refractivity contribution is 6.83. The third-order valence-corrected chi connectivity index (χ3v) is 4.37. The molecule has 0 aliphatic heterocycles. The topological polar surface area (TPSA) is 17.1 Å². The molecule has 0 saturated heterocycles. The number of hydrogen-bond acceptors (Lipinski definition) is 1. The van der Waals surface area contributed by atoms with Crippen LogP contribution in [-0.2, 0) is 4.79 Å². The number of hydrogen-bond donors (Lipinski definition) is 0. The molecule has 0 atom stereocenters. The molecule has 1 aliphatic carbocycles. The lowest BCUT2D eigenvalue weighted by atomic mass is 9.77. The maximum atomic E-state index is 11.7. The summed E-state index contributed by atoms with van der Waals surface area (Å²) >= 11 is 0. The molecule has 0 saturated carbocycles. The minimum absolute atomic E-state index is 0.0200. The molecule has 0 amide bonds. The second kappa shape index (κ2) is 6.61. The molecule has 23 heavy (non-hydrogen) atoms. The minimum Gasteiger partial charge on any atom is -0.295 e. The van der Waals surface area contributed by atoms with Gasteiger partial charge in [0, 0.05) is 23.1 Å². The quantitative estimate of drug-likeness (QED) is 0.505. The van der Waals surface area contributed by atoms with Crippen LogP contribution in [0.3, 0.4) is 0 Å². The highest BCUT2D eigenvalue weighted by Crippen LogP contribution is 2.33. The summed E-state index contributed by atoms with van der Waals surface area (Å²) in [5.41, 5.74) is 6.31. The van der Waals surface area contributed by atoms with Crippen molar-refractivity contribution in [1.82, 2.24) is 0 Å². The van der Waals surface area contributed by atoms with Gasteiger partial charge in [0.15, 0.2) is 5.78 Å². The Morgan fingerprint density at radius 3 is 2.00 bits per heavy atom. The minimum atomic E-state index is -1.34. The van der Waals surface area contributed by atoms with Crippen molar-refractivity contribution < 1.29 is 4.79 Å². The van der Waals surface area contributed by atoms with E-state index in [2.05, 4.69) is 56.8 Å². The van der Waals surface area contributed by atoms with Crippen molar-refractivity contribution in [2.24, 2.45) is 5.41 Å². The average molecular weight is 321 g/mol. The Labute approximate surface area is 141 Å². The molecule has 0 fully saturated rings. The Kier molecular flexibility index (Phi) is 4.98. The lowest BCUT2D eigenvalue weighted by Gasteiger charge is -2.26. The molecule has 0 unspecified atom stereocenters. The molecule has 1 nitrogen and oxygen atoms in total. The van der Waals surface area contributed by atoms with E-state index >= 15 is 0 Å². The van der Waals surface area contributed by atoms with Gasteiger partial charge in [-0.1, -0.05) is 51.2 Å². The first kappa shape index (κ1) is 17.3. The molecule has 118 valence electrons. The summed E-state index contributed by atoms with van der Waals surface area (Å²) in [6.07, 6.45) is 3.18. The molecule has 0 spiro atoms. The molecule has 0 N–H and O–H groups in total. The summed E-state index contributed by atoms with van der Waals surface area (Å²) in [5.74, 6) is 9.75. The summed E-state index contributed by atoms with van der Waals surface area (Å²) in [4.78, 5) is 11.7. The fourth-order valence-corrected chi connectivity index (χ4v) is 2.99. The summed E-state index contributed by atoms with van der Waals surface area (Å²) in [6, 6.07) is 8.03. The molecule has 2 rings (SSSR count). The molecule has 1 aromatic carbocycles. The van der Waals surface area contributed by atoms with Crippen molar-refractivity contribution in [1.29, 1.82) is 0 Å². The maximum Gasteiger partial charge on any atom is 0.157 e. The summed E-state index contributed by atoms with van der Waals surface area (Å²) in [7, 11) is -1.34. The van der Waals surface area contributed by atoms with Gasteiger partial charge in [0.05, 0.1) is 0 Å². The van der Waals surface area contributed by atoms with Crippen LogP contribution in [0.2, 0.25) is 19.6 Å². The van der Waals surface area contributed by atoms with Gasteiger partial charge in [-0.3, -0.25) is 4.79 Å². The zero-order valence-corrected chi connectivity index (χ0v) is 15.7. The van der Waals surface area contributed by atoms with E-state index in [1.807, 2.05) is 24.3 Å². The summed E-state index contributed by atoms with van der Waals surface area (Å²) in [6.45, 7) is 10.9. The predicted octanol–water partition coefficient (Wildman–Crippen LogP) is 4.58. The Balaban J connectivity index is 2.13. The Morgan fingerprint density at radius 2 is 1.48 bits per heavy atom. The third kappa shape index (κ3) is 5.93. The zero-order chi connectivity index (χ0) is 17.1. The van der Waals surface area contributed by atoms with Gasteiger partial charge in [-0.25, -0.2) is 0 Å². The van der Waals surface area contributed by atoms with Crippen LogP contribution in [0, 0.1) is 28.7 Å². The number of allylic oxidation sites excluding steroid dienone is 2. The van der Waals surface area contributed by atoms with E-state index in [0.717, 1.165) is 23.1 Å². The number of rotatable bonds is 0. The fraction of sp³-hybridized carbons (Fsp3) is 0.381. The molecular weight excluding hydrogens is 296 g/mol. The van der Waals surface area contributed by atoms with E-state index in [9.17, 15) is 4.79 Å². The van der Waals surface area contributed by atoms with Gasteiger partial charge in [-0.2, -0.15) is 0 Å². The monoisotopic (exact) mass is 320 g/mol. The van der Waals surface area contributed by atoms with Crippen LogP contribution in [0.25, 0.3) is 0 Å². The largest absolute Gasteiger partial charge is 0.295 e. The van der Waals surface area contributed by atoms with Crippen molar-refractivity contribution in [3.05, 3.63) is 47.0 Å². The van der Waals surface area contributed by atoms with Gasteiger partial charge in [0.25, 0.3) is 0 Å². The third-order valence-electron chi connectivity index (χ3n) is 3.49.